The number of hydrogen-bond acceptors (Lipinski definition) is 2. The minimum absolute atomic E-state index is 0.106. The van der Waals surface area contributed by atoms with Crippen LogP contribution in [0.15, 0.2) is 48.5 Å². The number of halogens is 1. The van der Waals surface area contributed by atoms with E-state index in [0.717, 1.165) is 12.8 Å². The fraction of sp³-hybridized carbons (Fsp3) is 0.381. The van der Waals surface area contributed by atoms with Crippen LogP contribution in [-0.4, -0.2) is 18.6 Å². The second-order valence-corrected chi connectivity index (χ2v) is 6.94. The number of aryl methyl sites for hydroxylation is 1. The fourth-order valence-electron chi connectivity index (χ4n) is 2.49. The predicted octanol–water partition coefficient (Wildman–Crippen LogP) is 4.98. The van der Waals surface area contributed by atoms with Crippen LogP contribution < -0.4 is 10.1 Å². The van der Waals surface area contributed by atoms with Gasteiger partial charge in [-0.3, -0.25) is 4.79 Å². The number of nitrogens with one attached hydrogen (secondary N) is 1. The lowest BCUT2D eigenvalue weighted by atomic mass is 10.0. The van der Waals surface area contributed by atoms with E-state index in [1.165, 1.54) is 11.1 Å². The third-order valence-corrected chi connectivity index (χ3v) is 4.34. The molecule has 1 unspecified atom stereocenters. The summed E-state index contributed by atoms with van der Waals surface area (Å²) in [5.74, 6) is 1.08. The van der Waals surface area contributed by atoms with Gasteiger partial charge in [0, 0.05) is 11.6 Å². The van der Waals surface area contributed by atoms with Gasteiger partial charge < -0.3 is 10.1 Å². The maximum absolute atomic E-state index is 12.1. The second-order valence-electron chi connectivity index (χ2n) is 6.50. The van der Waals surface area contributed by atoms with Crippen LogP contribution in [0.4, 0.5) is 0 Å². The van der Waals surface area contributed by atoms with E-state index in [4.69, 9.17) is 16.3 Å². The first kappa shape index (κ1) is 19.3. The molecular weight excluding hydrogens is 334 g/mol. The Morgan fingerprint density at radius 2 is 1.68 bits per heavy atom. The lowest BCUT2D eigenvalue weighted by Crippen LogP contribution is -2.36. The molecule has 2 aromatic rings. The third-order valence-electron chi connectivity index (χ3n) is 4.08. The summed E-state index contributed by atoms with van der Waals surface area (Å²) in [6, 6.07) is 15.7. The van der Waals surface area contributed by atoms with E-state index in [1.54, 1.807) is 31.2 Å². The van der Waals surface area contributed by atoms with Gasteiger partial charge in [0.2, 0.25) is 0 Å². The first-order chi connectivity index (χ1) is 12.0. The number of carbonyl (C=O) groups excluding carboxylic acids is 1. The molecule has 134 valence electrons. The van der Waals surface area contributed by atoms with Crippen LogP contribution in [0, 0.1) is 0 Å². The summed E-state index contributed by atoms with van der Waals surface area (Å²) in [6.07, 6.45) is 1.32. The van der Waals surface area contributed by atoms with Crippen LogP contribution in [0.3, 0.4) is 0 Å². The summed E-state index contributed by atoms with van der Waals surface area (Å²) in [7, 11) is 0. The van der Waals surface area contributed by atoms with Crippen molar-refractivity contribution in [2.24, 2.45) is 0 Å². The highest BCUT2D eigenvalue weighted by atomic mass is 35.5. The number of carbonyl (C=O) groups is 1. The monoisotopic (exact) mass is 359 g/mol. The topological polar surface area (TPSA) is 38.3 Å². The van der Waals surface area contributed by atoms with Crippen molar-refractivity contribution in [2.75, 3.05) is 6.54 Å². The normalized spacial score (nSPS) is 12.0. The molecule has 2 rings (SSSR count). The van der Waals surface area contributed by atoms with Gasteiger partial charge >= 0.3 is 0 Å². The van der Waals surface area contributed by atoms with Crippen LogP contribution in [-0.2, 0) is 11.2 Å². The molecule has 0 saturated heterocycles. The van der Waals surface area contributed by atoms with Crippen molar-refractivity contribution in [3.8, 4) is 5.75 Å². The van der Waals surface area contributed by atoms with Gasteiger partial charge in [0.15, 0.2) is 6.10 Å². The van der Waals surface area contributed by atoms with E-state index in [2.05, 4.69) is 43.4 Å². The Morgan fingerprint density at radius 1 is 1.04 bits per heavy atom. The van der Waals surface area contributed by atoms with Gasteiger partial charge in [-0.15, -0.1) is 0 Å². The van der Waals surface area contributed by atoms with E-state index in [1.807, 2.05) is 0 Å². The Bertz CT molecular complexity index is 665. The molecule has 1 atom stereocenters. The highest BCUT2D eigenvalue weighted by Crippen LogP contribution is 2.17. The molecule has 1 N–H and O–H groups in total. The van der Waals surface area contributed by atoms with Gasteiger partial charge in [-0.05, 0) is 61.1 Å². The SMILES string of the molecule is CC(Oc1ccc(Cl)cc1)C(=O)NCCCc1ccc(C(C)C)cc1. The molecule has 0 aliphatic rings. The van der Waals surface area contributed by atoms with Gasteiger partial charge in [-0.2, -0.15) is 0 Å². The van der Waals surface area contributed by atoms with Crippen LogP contribution in [0.2, 0.25) is 5.02 Å². The summed E-state index contributed by atoms with van der Waals surface area (Å²) in [5, 5.41) is 3.57. The van der Waals surface area contributed by atoms with Crippen molar-refractivity contribution in [1.82, 2.24) is 5.32 Å². The molecule has 0 heterocycles. The van der Waals surface area contributed by atoms with Crippen molar-refractivity contribution in [3.63, 3.8) is 0 Å². The average molecular weight is 360 g/mol. The van der Waals surface area contributed by atoms with E-state index in [9.17, 15) is 4.79 Å². The molecule has 0 aromatic heterocycles. The minimum atomic E-state index is -0.536. The van der Waals surface area contributed by atoms with Crippen molar-refractivity contribution in [1.29, 1.82) is 0 Å². The van der Waals surface area contributed by atoms with Gasteiger partial charge in [0.1, 0.15) is 5.75 Å². The maximum Gasteiger partial charge on any atom is 0.260 e. The van der Waals surface area contributed by atoms with Crippen LogP contribution in [0.25, 0.3) is 0 Å². The molecule has 2 aromatic carbocycles. The zero-order valence-electron chi connectivity index (χ0n) is 15.1. The zero-order chi connectivity index (χ0) is 18.2. The fourth-order valence-corrected chi connectivity index (χ4v) is 2.61. The third kappa shape index (κ3) is 6.43. The van der Waals surface area contributed by atoms with E-state index < -0.39 is 6.10 Å². The van der Waals surface area contributed by atoms with Crippen molar-refractivity contribution in [3.05, 3.63) is 64.7 Å². The number of rotatable bonds is 8. The number of amides is 1. The molecule has 0 radical (unpaired) electrons. The predicted molar refractivity (Wildman–Crippen MR) is 103 cm³/mol. The molecular formula is C21H26ClNO2. The summed E-state index contributed by atoms with van der Waals surface area (Å²) >= 11 is 5.83. The summed E-state index contributed by atoms with van der Waals surface area (Å²) < 4.78 is 5.61. The van der Waals surface area contributed by atoms with Gasteiger partial charge in [0.05, 0.1) is 0 Å². The van der Waals surface area contributed by atoms with E-state index in [-0.39, 0.29) is 5.91 Å². The van der Waals surface area contributed by atoms with E-state index in [0.29, 0.717) is 23.2 Å². The first-order valence-corrected chi connectivity index (χ1v) is 9.12. The lowest BCUT2D eigenvalue weighted by Gasteiger charge is -2.14. The summed E-state index contributed by atoms with van der Waals surface area (Å²) in [4.78, 5) is 12.1. The largest absolute Gasteiger partial charge is 0.481 e. The molecule has 0 bridgehead atoms. The van der Waals surface area contributed by atoms with Crippen LogP contribution >= 0.6 is 11.6 Å². The molecule has 0 aliphatic carbocycles. The molecule has 0 spiro atoms. The first-order valence-electron chi connectivity index (χ1n) is 8.74. The Kier molecular flexibility index (Phi) is 7.32. The smallest absolute Gasteiger partial charge is 0.260 e. The van der Waals surface area contributed by atoms with Crippen molar-refractivity contribution < 1.29 is 9.53 Å². The van der Waals surface area contributed by atoms with Gasteiger partial charge in [-0.1, -0.05) is 49.7 Å². The minimum Gasteiger partial charge on any atom is -0.481 e. The Morgan fingerprint density at radius 3 is 2.28 bits per heavy atom. The van der Waals surface area contributed by atoms with Crippen LogP contribution in [0.1, 0.15) is 44.2 Å². The highest BCUT2D eigenvalue weighted by molar-refractivity contribution is 6.30. The molecule has 0 aliphatic heterocycles. The molecule has 25 heavy (non-hydrogen) atoms. The van der Waals surface area contributed by atoms with Crippen molar-refractivity contribution in [2.45, 2.75) is 45.6 Å². The molecule has 0 saturated carbocycles. The van der Waals surface area contributed by atoms with Gasteiger partial charge in [0.25, 0.3) is 5.91 Å². The molecule has 3 nitrogen and oxygen atoms in total. The highest BCUT2D eigenvalue weighted by Gasteiger charge is 2.13. The summed E-state index contributed by atoms with van der Waals surface area (Å²) in [6.45, 7) is 6.77. The number of hydrogen-bond donors (Lipinski definition) is 1. The standard InChI is InChI=1S/C21H26ClNO2/c1-15(2)18-8-6-17(7-9-18)5-4-14-23-21(24)16(3)25-20-12-10-19(22)11-13-20/h6-13,15-16H,4-5,14H2,1-3H3,(H,23,24). The maximum atomic E-state index is 12.1. The second kappa shape index (κ2) is 9.47. The van der Waals surface area contributed by atoms with Crippen LogP contribution in [0.5, 0.6) is 5.75 Å². The average Bonchev–Trinajstić information content (AvgIpc) is 2.60. The number of benzene rings is 2. The Balaban J connectivity index is 1.69. The van der Waals surface area contributed by atoms with Crippen molar-refractivity contribution >= 4 is 17.5 Å². The summed E-state index contributed by atoms with van der Waals surface area (Å²) in [5.41, 5.74) is 2.65. The van der Waals surface area contributed by atoms with E-state index >= 15 is 0 Å². The quantitative estimate of drug-likeness (QED) is 0.675. The Hall–Kier alpha value is -2.00. The number of ether oxygens (including phenoxy) is 1. The molecule has 4 heteroatoms. The zero-order valence-corrected chi connectivity index (χ0v) is 15.8. The lowest BCUT2D eigenvalue weighted by molar-refractivity contribution is -0.127. The molecule has 1 amide bonds. The van der Waals surface area contributed by atoms with Gasteiger partial charge in [-0.25, -0.2) is 0 Å². The Labute approximate surface area is 155 Å². The molecule has 0 fully saturated rings.